The Balaban J connectivity index is 2.05. The molecule has 0 bridgehead atoms. The van der Waals surface area contributed by atoms with Crippen molar-refractivity contribution in [1.82, 2.24) is 15.0 Å². The minimum absolute atomic E-state index is 0.366. The maximum Gasteiger partial charge on any atom is 0.158 e. The van der Waals surface area contributed by atoms with Crippen LogP contribution in [-0.4, -0.2) is 21.6 Å². The van der Waals surface area contributed by atoms with Gasteiger partial charge in [0.05, 0.1) is 0 Å². The molecule has 0 aliphatic heterocycles. The predicted octanol–water partition coefficient (Wildman–Crippen LogP) is 1.91. The number of nitrogens with one attached hydrogen (secondary N) is 1. The summed E-state index contributed by atoms with van der Waals surface area (Å²) in [4.78, 5) is 12.6. The van der Waals surface area contributed by atoms with Crippen molar-refractivity contribution in [3.63, 3.8) is 0 Å². The number of aryl methyl sites for hydroxylation is 1. The van der Waals surface area contributed by atoms with Crippen LogP contribution in [0.25, 0.3) is 0 Å². The molecule has 3 N–H and O–H groups in total. The lowest BCUT2D eigenvalue weighted by Crippen LogP contribution is -2.08. The van der Waals surface area contributed by atoms with Gasteiger partial charge in [0.25, 0.3) is 0 Å². The molecule has 0 amide bonds. The molecule has 0 radical (unpaired) electrons. The van der Waals surface area contributed by atoms with Crippen LogP contribution in [0.3, 0.4) is 0 Å². The average Bonchev–Trinajstić information content (AvgIpc) is 2.44. The number of pyridine rings is 1. The number of hydrogen-bond acceptors (Lipinski definition) is 6. The van der Waals surface area contributed by atoms with Gasteiger partial charge in [0.15, 0.2) is 5.82 Å². The summed E-state index contributed by atoms with van der Waals surface area (Å²) in [6, 6.07) is 3.69. The van der Waals surface area contributed by atoms with Crippen LogP contribution in [0.15, 0.2) is 24.5 Å². The van der Waals surface area contributed by atoms with E-state index in [4.69, 9.17) is 10.5 Å². The lowest BCUT2D eigenvalue weighted by atomic mass is 10.1. The first-order valence-corrected chi connectivity index (χ1v) is 6.53. The molecule has 0 fully saturated rings. The highest BCUT2D eigenvalue weighted by Crippen LogP contribution is 2.12. The van der Waals surface area contributed by atoms with Crippen LogP contribution >= 0.6 is 0 Å². The third kappa shape index (κ3) is 3.89. The van der Waals surface area contributed by atoms with Crippen molar-refractivity contribution in [2.75, 3.05) is 17.7 Å². The molecule has 0 aliphatic carbocycles. The predicted molar refractivity (Wildman–Crippen MR) is 78.1 cm³/mol. The second-order valence-electron chi connectivity index (χ2n) is 4.39. The van der Waals surface area contributed by atoms with Crippen LogP contribution < -0.4 is 11.1 Å². The van der Waals surface area contributed by atoms with E-state index in [9.17, 15) is 0 Å². The van der Waals surface area contributed by atoms with Gasteiger partial charge in [0.1, 0.15) is 18.2 Å². The number of ether oxygens (including phenoxy) is 1. The molecule has 0 spiro atoms. The molecule has 106 valence electrons. The van der Waals surface area contributed by atoms with Crippen molar-refractivity contribution >= 4 is 11.6 Å². The van der Waals surface area contributed by atoms with E-state index in [-0.39, 0.29) is 0 Å². The zero-order chi connectivity index (χ0) is 14.4. The fraction of sp³-hybridized carbons (Fsp3) is 0.357. The Kier molecular flexibility index (Phi) is 4.84. The third-order valence-electron chi connectivity index (χ3n) is 2.82. The fourth-order valence-corrected chi connectivity index (χ4v) is 1.75. The van der Waals surface area contributed by atoms with Crippen LogP contribution in [0.4, 0.5) is 11.6 Å². The van der Waals surface area contributed by atoms with Crippen LogP contribution in [0.5, 0.6) is 0 Å². The summed E-state index contributed by atoms with van der Waals surface area (Å²) >= 11 is 0. The molecule has 0 aromatic carbocycles. The first-order valence-electron chi connectivity index (χ1n) is 6.53. The van der Waals surface area contributed by atoms with Crippen LogP contribution in [-0.2, 0) is 17.9 Å². The van der Waals surface area contributed by atoms with Crippen molar-refractivity contribution in [2.24, 2.45) is 0 Å². The van der Waals surface area contributed by atoms with Crippen LogP contribution in [0.1, 0.15) is 23.9 Å². The van der Waals surface area contributed by atoms with Gasteiger partial charge in [0.2, 0.25) is 0 Å². The second-order valence-corrected chi connectivity index (χ2v) is 4.39. The number of nitrogen functional groups attached to an aromatic ring is 1. The SMILES string of the molecule is CCOCc1nc(N)cc(NCc2ccncc2C)n1. The summed E-state index contributed by atoms with van der Waals surface area (Å²) in [5.74, 6) is 1.72. The largest absolute Gasteiger partial charge is 0.384 e. The molecule has 20 heavy (non-hydrogen) atoms. The number of rotatable bonds is 6. The second kappa shape index (κ2) is 6.81. The fourth-order valence-electron chi connectivity index (χ4n) is 1.75. The summed E-state index contributed by atoms with van der Waals surface area (Å²) in [7, 11) is 0. The van der Waals surface area contributed by atoms with Crippen molar-refractivity contribution < 1.29 is 4.74 Å². The number of nitrogens with two attached hydrogens (primary N) is 1. The molecule has 0 unspecified atom stereocenters. The number of nitrogens with zero attached hydrogens (tertiary/aromatic N) is 3. The Morgan fingerprint density at radius 3 is 2.95 bits per heavy atom. The van der Waals surface area contributed by atoms with E-state index in [1.54, 1.807) is 12.3 Å². The van der Waals surface area contributed by atoms with E-state index in [0.29, 0.717) is 37.2 Å². The van der Waals surface area contributed by atoms with Gasteiger partial charge >= 0.3 is 0 Å². The lowest BCUT2D eigenvalue weighted by Gasteiger charge is -2.10. The molecule has 0 aliphatic rings. The maximum atomic E-state index is 5.77. The van der Waals surface area contributed by atoms with Gasteiger partial charge < -0.3 is 15.8 Å². The van der Waals surface area contributed by atoms with Crippen molar-refractivity contribution in [2.45, 2.75) is 27.0 Å². The van der Waals surface area contributed by atoms with E-state index in [1.165, 1.54) is 5.56 Å². The van der Waals surface area contributed by atoms with E-state index < -0.39 is 0 Å². The highest BCUT2D eigenvalue weighted by molar-refractivity contribution is 5.45. The topological polar surface area (TPSA) is 86.0 Å². The van der Waals surface area contributed by atoms with Gasteiger partial charge in [0, 0.05) is 31.6 Å². The quantitative estimate of drug-likeness (QED) is 0.836. The summed E-state index contributed by atoms with van der Waals surface area (Å²) in [5.41, 5.74) is 8.08. The molecule has 2 aromatic heterocycles. The van der Waals surface area contributed by atoms with Gasteiger partial charge in [-0.25, -0.2) is 9.97 Å². The number of hydrogen-bond donors (Lipinski definition) is 2. The molecule has 2 rings (SSSR count). The summed E-state index contributed by atoms with van der Waals surface area (Å²) in [6.45, 7) is 5.61. The molecule has 0 saturated heterocycles. The van der Waals surface area contributed by atoms with Gasteiger partial charge in [-0.1, -0.05) is 0 Å². The molecule has 0 saturated carbocycles. The molecule has 6 nitrogen and oxygen atoms in total. The van der Waals surface area contributed by atoms with Crippen LogP contribution in [0.2, 0.25) is 0 Å². The van der Waals surface area contributed by atoms with E-state index in [0.717, 1.165) is 5.56 Å². The lowest BCUT2D eigenvalue weighted by molar-refractivity contribution is 0.128. The Morgan fingerprint density at radius 2 is 2.20 bits per heavy atom. The summed E-state index contributed by atoms with van der Waals surface area (Å²) in [6.07, 6.45) is 3.62. The molecule has 0 atom stereocenters. The first-order chi connectivity index (χ1) is 9.69. The zero-order valence-electron chi connectivity index (χ0n) is 11.8. The van der Waals surface area contributed by atoms with E-state index >= 15 is 0 Å². The van der Waals surface area contributed by atoms with Crippen molar-refractivity contribution in [3.8, 4) is 0 Å². The minimum atomic E-state index is 0.366. The normalized spacial score (nSPS) is 10.5. The smallest absolute Gasteiger partial charge is 0.158 e. The van der Waals surface area contributed by atoms with Gasteiger partial charge in [-0.15, -0.1) is 0 Å². The van der Waals surface area contributed by atoms with Gasteiger partial charge in [-0.2, -0.15) is 0 Å². The van der Waals surface area contributed by atoms with E-state index in [2.05, 4.69) is 20.3 Å². The molecule has 2 aromatic rings. The van der Waals surface area contributed by atoms with Crippen LogP contribution in [0, 0.1) is 6.92 Å². The Hall–Kier alpha value is -2.21. The van der Waals surface area contributed by atoms with E-state index in [1.807, 2.05) is 26.1 Å². The standard InChI is InChI=1S/C14H19N5O/c1-3-20-9-14-18-12(15)6-13(19-14)17-8-11-4-5-16-7-10(11)2/h4-7H,3,8-9H2,1-2H3,(H3,15,17,18,19). The summed E-state index contributed by atoms with van der Waals surface area (Å²) < 4.78 is 5.29. The summed E-state index contributed by atoms with van der Waals surface area (Å²) in [5, 5.41) is 3.24. The Bertz CT molecular complexity index is 573. The van der Waals surface area contributed by atoms with Crippen molar-refractivity contribution in [3.05, 3.63) is 41.5 Å². The van der Waals surface area contributed by atoms with Crippen molar-refractivity contribution in [1.29, 1.82) is 0 Å². The van der Waals surface area contributed by atoms with Gasteiger partial charge in [-0.05, 0) is 31.0 Å². The third-order valence-corrected chi connectivity index (χ3v) is 2.82. The molecular weight excluding hydrogens is 254 g/mol. The zero-order valence-corrected chi connectivity index (χ0v) is 11.8. The minimum Gasteiger partial charge on any atom is -0.384 e. The molecule has 6 heteroatoms. The Labute approximate surface area is 118 Å². The maximum absolute atomic E-state index is 5.77. The highest BCUT2D eigenvalue weighted by atomic mass is 16.5. The molecular formula is C14H19N5O. The average molecular weight is 273 g/mol. The first kappa shape index (κ1) is 14.2. The number of aromatic nitrogens is 3. The van der Waals surface area contributed by atoms with Gasteiger partial charge in [-0.3, -0.25) is 4.98 Å². The monoisotopic (exact) mass is 273 g/mol. The highest BCUT2D eigenvalue weighted by Gasteiger charge is 2.04. The number of anilines is 2. The Morgan fingerprint density at radius 1 is 1.35 bits per heavy atom. The molecule has 2 heterocycles.